The molecule has 0 radical (unpaired) electrons. The quantitative estimate of drug-likeness (QED) is 0.469. The van der Waals surface area contributed by atoms with Gasteiger partial charge in [-0.05, 0) is 0 Å². The molecule has 0 spiro atoms. The van der Waals surface area contributed by atoms with Gasteiger partial charge in [0.15, 0.2) is 11.2 Å². The van der Waals surface area contributed by atoms with Crippen molar-refractivity contribution >= 4 is 23.2 Å². The summed E-state index contributed by atoms with van der Waals surface area (Å²) in [7, 11) is 0. The molecule has 0 fully saturated rings. The van der Waals surface area contributed by atoms with E-state index in [1.807, 2.05) is 0 Å². The van der Waals surface area contributed by atoms with Gasteiger partial charge in [0.2, 0.25) is 0 Å². The molecular formula is C10H6ClF3O2. The Morgan fingerprint density at radius 3 is 2.06 bits per heavy atom. The Morgan fingerprint density at radius 1 is 1.12 bits per heavy atom. The van der Waals surface area contributed by atoms with Gasteiger partial charge in [0.05, 0.1) is 0 Å². The van der Waals surface area contributed by atoms with Crippen molar-refractivity contribution in [3.05, 3.63) is 35.9 Å². The number of alkyl halides is 4. The Kier molecular flexibility index (Phi) is 3.70. The van der Waals surface area contributed by atoms with Crippen molar-refractivity contribution in [2.45, 2.75) is 11.6 Å². The van der Waals surface area contributed by atoms with Gasteiger partial charge in [-0.25, -0.2) is 0 Å². The average molecular weight is 251 g/mol. The van der Waals surface area contributed by atoms with E-state index in [1.54, 1.807) is 6.07 Å². The lowest BCUT2D eigenvalue weighted by atomic mass is 10.1. The third-order valence-electron chi connectivity index (χ3n) is 1.80. The molecule has 0 aliphatic carbocycles. The molecule has 1 rings (SSSR count). The number of hydrogen-bond acceptors (Lipinski definition) is 2. The molecule has 0 saturated carbocycles. The van der Waals surface area contributed by atoms with Gasteiger partial charge < -0.3 is 0 Å². The summed E-state index contributed by atoms with van der Waals surface area (Å²) in [6.07, 6.45) is -5.10. The smallest absolute Gasteiger partial charge is 0.292 e. The van der Waals surface area contributed by atoms with E-state index in [9.17, 15) is 22.8 Å². The van der Waals surface area contributed by atoms with E-state index in [0.717, 1.165) is 0 Å². The number of Topliss-reactive ketones (excluding diaryl/α,β-unsaturated/α-hetero) is 2. The number of rotatable bonds is 3. The number of halogens is 4. The molecule has 0 heterocycles. The van der Waals surface area contributed by atoms with E-state index < -0.39 is 23.1 Å². The van der Waals surface area contributed by atoms with Crippen molar-refractivity contribution in [2.24, 2.45) is 0 Å². The summed E-state index contributed by atoms with van der Waals surface area (Å²) in [5.74, 6) is -3.30. The highest BCUT2D eigenvalue weighted by Gasteiger charge is 2.45. The van der Waals surface area contributed by atoms with E-state index in [1.165, 1.54) is 24.3 Å². The van der Waals surface area contributed by atoms with Gasteiger partial charge in [0.25, 0.3) is 5.78 Å². The normalized spacial score (nSPS) is 13.2. The summed E-state index contributed by atoms with van der Waals surface area (Å²) in [5.41, 5.74) is -0.0277. The summed E-state index contributed by atoms with van der Waals surface area (Å²) in [6.45, 7) is 0. The van der Waals surface area contributed by atoms with Crippen LogP contribution in [0, 0.1) is 0 Å². The van der Waals surface area contributed by atoms with Crippen LogP contribution in [0.25, 0.3) is 0 Å². The first-order chi connectivity index (χ1) is 7.34. The summed E-state index contributed by atoms with van der Waals surface area (Å²) in [5, 5.41) is -2.22. The molecule has 0 saturated heterocycles. The molecule has 1 aromatic carbocycles. The van der Waals surface area contributed by atoms with Gasteiger partial charge in [-0.1, -0.05) is 30.3 Å². The fourth-order valence-electron chi connectivity index (χ4n) is 1.01. The molecule has 0 aliphatic rings. The van der Waals surface area contributed by atoms with Crippen LogP contribution in [0.5, 0.6) is 0 Å². The Balaban J connectivity index is 2.88. The second kappa shape index (κ2) is 4.65. The monoisotopic (exact) mass is 250 g/mol. The standard InChI is InChI=1S/C10H6ClF3O2/c11-7(9(16)10(12,13)14)8(15)6-4-2-1-3-5-6/h1-5,7H/t7-/m1/s1. The van der Waals surface area contributed by atoms with Crippen LogP contribution in [-0.2, 0) is 4.79 Å². The topological polar surface area (TPSA) is 34.1 Å². The van der Waals surface area contributed by atoms with Crippen LogP contribution in [0.2, 0.25) is 0 Å². The minimum atomic E-state index is -5.10. The summed E-state index contributed by atoms with van der Waals surface area (Å²) < 4.78 is 36.0. The van der Waals surface area contributed by atoms with Crippen LogP contribution in [0.1, 0.15) is 10.4 Å². The van der Waals surface area contributed by atoms with Crippen molar-refractivity contribution < 1.29 is 22.8 Å². The van der Waals surface area contributed by atoms with Gasteiger partial charge in [0, 0.05) is 5.56 Å². The fourth-order valence-corrected chi connectivity index (χ4v) is 1.26. The Hall–Kier alpha value is -1.36. The van der Waals surface area contributed by atoms with Gasteiger partial charge in [0.1, 0.15) is 0 Å². The molecule has 2 nitrogen and oxygen atoms in total. The van der Waals surface area contributed by atoms with Crippen molar-refractivity contribution in [2.75, 3.05) is 0 Å². The molecule has 0 bridgehead atoms. The van der Waals surface area contributed by atoms with Gasteiger partial charge >= 0.3 is 6.18 Å². The van der Waals surface area contributed by atoms with Crippen LogP contribution >= 0.6 is 11.6 Å². The van der Waals surface area contributed by atoms with E-state index in [0.29, 0.717) is 0 Å². The Bertz CT molecular complexity index is 400. The second-order valence-corrected chi connectivity index (χ2v) is 3.39. The summed E-state index contributed by atoms with van der Waals surface area (Å²) in [4.78, 5) is 22.1. The lowest BCUT2D eigenvalue weighted by molar-refractivity contribution is -0.169. The maximum atomic E-state index is 12.0. The molecule has 0 amide bonds. The molecule has 6 heteroatoms. The number of carbonyl (C=O) groups excluding carboxylic acids is 2. The number of hydrogen-bond donors (Lipinski definition) is 0. The minimum Gasteiger partial charge on any atom is -0.292 e. The van der Waals surface area contributed by atoms with Gasteiger partial charge in [-0.3, -0.25) is 9.59 Å². The average Bonchev–Trinajstić information content (AvgIpc) is 2.26. The Morgan fingerprint density at radius 2 is 1.62 bits per heavy atom. The maximum Gasteiger partial charge on any atom is 0.452 e. The predicted molar refractivity (Wildman–Crippen MR) is 51.5 cm³/mol. The first-order valence-corrected chi connectivity index (χ1v) is 4.62. The van der Waals surface area contributed by atoms with Crippen LogP contribution in [0.15, 0.2) is 30.3 Å². The van der Waals surface area contributed by atoms with Gasteiger partial charge in [-0.15, -0.1) is 11.6 Å². The van der Waals surface area contributed by atoms with Crippen LogP contribution in [0.3, 0.4) is 0 Å². The van der Waals surface area contributed by atoms with Crippen molar-refractivity contribution in [3.63, 3.8) is 0 Å². The molecule has 0 unspecified atom stereocenters. The predicted octanol–water partition coefficient (Wildman–Crippen LogP) is 2.61. The zero-order valence-corrected chi connectivity index (χ0v) is 8.55. The molecule has 0 N–H and O–H groups in total. The highest BCUT2D eigenvalue weighted by atomic mass is 35.5. The van der Waals surface area contributed by atoms with Crippen LogP contribution < -0.4 is 0 Å². The lowest BCUT2D eigenvalue weighted by Gasteiger charge is -2.09. The minimum absolute atomic E-state index is 0.0277. The first kappa shape index (κ1) is 12.7. The number of benzene rings is 1. The van der Waals surface area contributed by atoms with Crippen molar-refractivity contribution in [1.82, 2.24) is 0 Å². The van der Waals surface area contributed by atoms with Crippen molar-refractivity contribution in [3.8, 4) is 0 Å². The lowest BCUT2D eigenvalue weighted by Crippen LogP contribution is -2.36. The largest absolute Gasteiger partial charge is 0.452 e. The van der Waals surface area contributed by atoms with E-state index in [-0.39, 0.29) is 5.56 Å². The second-order valence-electron chi connectivity index (χ2n) is 2.95. The summed E-state index contributed by atoms with van der Waals surface area (Å²) in [6, 6.07) is 7.11. The van der Waals surface area contributed by atoms with E-state index >= 15 is 0 Å². The molecule has 86 valence electrons. The highest BCUT2D eigenvalue weighted by Crippen LogP contribution is 2.22. The molecule has 1 atom stereocenters. The molecule has 0 aliphatic heterocycles. The molecule has 16 heavy (non-hydrogen) atoms. The van der Waals surface area contributed by atoms with Crippen LogP contribution in [-0.4, -0.2) is 23.1 Å². The zero-order chi connectivity index (χ0) is 12.3. The van der Waals surface area contributed by atoms with Crippen LogP contribution in [0.4, 0.5) is 13.2 Å². The number of ketones is 2. The maximum absolute atomic E-state index is 12.0. The fraction of sp³-hybridized carbons (Fsp3) is 0.200. The SMILES string of the molecule is O=C(c1ccccc1)[C@@H](Cl)C(=O)C(F)(F)F. The number of carbonyl (C=O) groups is 2. The molecule has 0 aromatic heterocycles. The third kappa shape index (κ3) is 2.82. The van der Waals surface area contributed by atoms with E-state index in [2.05, 4.69) is 0 Å². The Labute approximate surface area is 94.0 Å². The van der Waals surface area contributed by atoms with E-state index in [4.69, 9.17) is 11.6 Å². The molecule has 1 aromatic rings. The summed E-state index contributed by atoms with van der Waals surface area (Å²) >= 11 is 5.18. The first-order valence-electron chi connectivity index (χ1n) is 4.18. The highest BCUT2D eigenvalue weighted by molar-refractivity contribution is 6.45. The van der Waals surface area contributed by atoms with Crippen molar-refractivity contribution in [1.29, 1.82) is 0 Å². The molecular weight excluding hydrogens is 245 g/mol. The van der Waals surface area contributed by atoms with Gasteiger partial charge in [-0.2, -0.15) is 13.2 Å². The third-order valence-corrected chi connectivity index (χ3v) is 2.19. The zero-order valence-electron chi connectivity index (χ0n) is 7.79.